The summed E-state index contributed by atoms with van der Waals surface area (Å²) in [5, 5.41) is 8.42. The van der Waals surface area contributed by atoms with Crippen molar-refractivity contribution in [3.05, 3.63) is 18.2 Å². The molecule has 0 amide bonds. The zero-order valence-corrected chi connectivity index (χ0v) is 16.2. The topological polar surface area (TPSA) is 159 Å². The average molecular weight is 393 g/mol. The molecule has 1 atom stereocenters. The molecule has 1 heterocycles. The Morgan fingerprint density at radius 3 is 2.27 bits per heavy atom. The largest absolute Gasteiger partial charge is 0.480 e. The molecule has 10 heteroatoms. The number of aromatic nitrogens is 2. The summed E-state index contributed by atoms with van der Waals surface area (Å²) in [5.74, 6) is -1.01. The van der Waals surface area contributed by atoms with Gasteiger partial charge in [-0.1, -0.05) is 51.9 Å². The highest BCUT2D eigenvalue weighted by Crippen LogP contribution is 2.35. The van der Waals surface area contributed by atoms with E-state index < -0.39 is 19.8 Å². The Balaban J connectivity index is 0.000000502. The molecule has 0 aliphatic carbocycles. The molecule has 0 fully saturated rings. The number of phosphoric ester groups is 1. The smallest absolute Gasteiger partial charge is 0.469 e. The van der Waals surface area contributed by atoms with Crippen LogP contribution in [-0.4, -0.2) is 43.5 Å². The SMILES string of the molecule is CCCCCCCCCCOP(=O)(O)O.N[C@@H](Cc1c[nH]cn1)C(=O)O. The Hall–Kier alpha value is -1.25. The minimum Gasteiger partial charge on any atom is -0.480 e. The second kappa shape index (κ2) is 14.9. The highest BCUT2D eigenvalue weighted by molar-refractivity contribution is 7.46. The van der Waals surface area contributed by atoms with Gasteiger partial charge in [0, 0.05) is 12.6 Å². The number of carboxylic acid groups (broad SMARTS) is 1. The summed E-state index contributed by atoms with van der Waals surface area (Å²) < 4.78 is 14.7. The van der Waals surface area contributed by atoms with E-state index in [-0.39, 0.29) is 13.0 Å². The van der Waals surface area contributed by atoms with Gasteiger partial charge in [0.15, 0.2) is 0 Å². The van der Waals surface area contributed by atoms with Crippen molar-refractivity contribution < 1.29 is 28.8 Å². The van der Waals surface area contributed by atoms with Crippen LogP contribution in [0.3, 0.4) is 0 Å². The fourth-order valence-corrected chi connectivity index (χ4v) is 2.50. The van der Waals surface area contributed by atoms with Gasteiger partial charge in [-0.15, -0.1) is 0 Å². The van der Waals surface area contributed by atoms with Gasteiger partial charge >= 0.3 is 13.8 Å². The van der Waals surface area contributed by atoms with Crippen molar-refractivity contribution in [2.24, 2.45) is 5.73 Å². The Kier molecular flexibility index (Phi) is 14.2. The van der Waals surface area contributed by atoms with Gasteiger partial charge in [-0.3, -0.25) is 9.32 Å². The molecule has 152 valence electrons. The van der Waals surface area contributed by atoms with Crippen LogP contribution >= 0.6 is 7.82 Å². The maximum Gasteiger partial charge on any atom is 0.469 e. The second-order valence-corrected chi connectivity index (χ2v) is 7.25. The number of aliphatic carboxylic acids is 1. The minimum absolute atomic E-state index is 0.166. The van der Waals surface area contributed by atoms with Crippen molar-refractivity contribution in [3.63, 3.8) is 0 Å². The van der Waals surface area contributed by atoms with Gasteiger partial charge in [0.25, 0.3) is 0 Å². The van der Waals surface area contributed by atoms with Crippen molar-refractivity contribution in [2.75, 3.05) is 6.61 Å². The van der Waals surface area contributed by atoms with E-state index in [9.17, 15) is 9.36 Å². The Morgan fingerprint density at radius 1 is 1.23 bits per heavy atom. The van der Waals surface area contributed by atoms with E-state index in [1.807, 2.05) is 0 Å². The fraction of sp³-hybridized carbons (Fsp3) is 0.750. The van der Waals surface area contributed by atoms with Crippen molar-refractivity contribution in [1.82, 2.24) is 9.97 Å². The number of aromatic amines is 1. The maximum atomic E-state index is 10.3. The molecule has 0 spiro atoms. The van der Waals surface area contributed by atoms with Crippen molar-refractivity contribution in [3.8, 4) is 0 Å². The first kappa shape index (κ1) is 24.8. The number of nitrogens with two attached hydrogens (primary N) is 1. The number of rotatable bonds is 13. The summed E-state index contributed by atoms with van der Waals surface area (Å²) in [7, 11) is -4.24. The number of phosphoric acid groups is 1. The lowest BCUT2D eigenvalue weighted by Gasteiger charge is -2.04. The van der Waals surface area contributed by atoms with Gasteiger partial charge in [-0.25, -0.2) is 9.55 Å². The van der Waals surface area contributed by atoms with E-state index in [4.69, 9.17) is 20.6 Å². The van der Waals surface area contributed by atoms with Crippen molar-refractivity contribution >= 4 is 13.8 Å². The average Bonchev–Trinajstić information content (AvgIpc) is 3.06. The molecule has 0 aromatic carbocycles. The van der Waals surface area contributed by atoms with E-state index in [1.165, 1.54) is 38.4 Å². The van der Waals surface area contributed by atoms with Crippen LogP contribution in [0.15, 0.2) is 12.5 Å². The second-order valence-electron chi connectivity index (χ2n) is 6.01. The number of nitrogens with zero attached hydrogens (tertiary/aromatic N) is 1. The summed E-state index contributed by atoms with van der Waals surface area (Å²) in [4.78, 5) is 33.6. The summed E-state index contributed by atoms with van der Waals surface area (Å²) in [5.41, 5.74) is 5.92. The summed E-state index contributed by atoms with van der Waals surface area (Å²) in [6.07, 6.45) is 12.6. The van der Waals surface area contributed by atoms with E-state index in [2.05, 4.69) is 21.4 Å². The van der Waals surface area contributed by atoms with Crippen LogP contribution in [-0.2, 0) is 20.3 Å². The summed E-state index contributed by atoms with van der Waals surface area (Å²) in [6.45, 7) is 2.36. The molecule has 6 N–H and O–H groups in total. The van der Waals surface area contributed by atoms with Crippen LogP contribution in [0.2, 0.25) is 0 Å². The molecule has 0 unspecified atom stereocenters. The van der Waals surface area contributed by atoms with Crippen LogP contribution < -0.4 is 5.73 Å². The third kappa shape index (κ3) is 16.2. The number of hydrogen-bond acceptors (Lipinski definition) is 5. The van der Waals surface area contributed by atoms with Crippen LogP contribution in [0.1, 0.15) is 64.0 Å². The van der Waals surface area contributed by atoms with Gasteiger partial charge in [0.05, 0.1) is 18.6 Å². The maximum absolute atomic E-state index is 10.3. The fourth-order valence-electron chi connectivity index (χ4n) is 2.13. The first-order valence-electron chi connectivity index (χ1n) is 8.92. The molecular formula is C16H32N3O6P. The quantitative estimate of drug-likeness (QED) is 0.253. The van der Waals surface area contributed by atoms with Crippen molar-refractivity contribution in [2.45, 2.75) is 70.8 Å². The van der Waals surface area contributed by atoms with Gasteiger partial charge < -0.3 is 25.6 Å². The highest BCUT2D eigenvalue weighted by atomic mass is 31.2. The molecule has 1 rings (SSSR count). The third-order valence-electron chi connectivity index (χ3n) is 3.56. The number of carboxylic acids is 1. The molecule has 9 nitrogen and oxygen atoms in total. The molecule has 0 radical (unpaired) electrons. The molecule has 0 bridgehead atoms. The van der Waals surface area contributed by atoms with Crippen LogP contribution in [0, 0.1) is 0 Å². The van der Waals surface area contributed by atoms with Gasteiger partial charge in [0.1, 0.15) is 6.04 Å². The number of imidazole rings is 1. The predicted octanol–water partition coefficient (Wildman–Crippen LogP) is 2.60. The molecule has 0 saturated carbocycles. The standard InChI is InChI=1S/C10H23O4P.C6H9N3O2/c1-2-3-4-5-6-7-8-9-10-14-15(11,12)13;7-5(6(10)11)1-4-2-8-3-9-4/h2-10H2,1H3,(H2,11,12,13);2-3,5H,1,7H2,(H,8,9)(H,10,11)/t;5-/m.0/s1. The van der Waals surface area contributed by atoms with Crippen LogP contribution in [0.4, 0.5) is 0 Å². The normalized spacial score (nSPS) is 12.3. The summed E-state index contributed by atoms with van der Waals surface area (Å²) in [6, 6.07) is -0.863. The number of nitrogens with one attached hydrogen (secondary N) is 1. The Labute approximate surface area is 154 Å². The van der Waals surface area contributed by atoms with Gasteiger partial charge in [-0.2, -0.15) is 0 Å². The minimum atomic E-state index is -4.24. The number of unbranched alkanes of at least 4 members (excludes halogenated alkanes) is 7. The highest BCUT2D eigenvalue weighted by Gasteiger charge is 2.13. The molecule has 0 saturated heterocycles. The van der Waals surface area contributed by atoms with Gasteiger partial charge in [0.2, 0.25) is 0 Å². The number of H-pyrrole nitrogens is 1. The van der Waals surface area contributed by atoms with Crippen LogP contribution in [0.25, 0.3) is 0 Å². The van der Waals surface area contributed by atoms with Gasteiger partial charge in [-0.05, 0) is 6.42 Å². The van der Waals surface area contributed by atoms with E-state index >= 15 is 0 Å². The lowest BCUT2D eigenvalue weighted by molar-refractivity contribution is -0.138. The summed E-state index contributed by atoms with van der Waals surface area (Å²) >= 11 is 0. The molecule has 0 aliphatic rings. The first-order valence-corrected chi connectivity index (χ1v) is 10.5. The third-order valence-corrected chi connectivity index (χ3v) is 4.08. The van der Waals surface area contributed by atoms with E-state index in [0.717, 1.165) is 19.3 Å². The van der Waals surface area contributed by atoms with Crippen LogP contribution in [0.5, 0.6) is 0 Å². The lowest BCUT2D eigenvalue weighted by atomic mass is 10.1. The van der Waals surface area contributed by atoms with E-state index in [0.29, 0.717) is 5.69 Å². The molecule has 1 aromatic rings. The molecule has 26 heavy (non-hydrogen) atoms. The molecule has 1 aromatic heterocycles. The number of hydrogen-bond donors (Lipinski definition) is 5. The molecule has 0 aliphatic heterocycles. The zero-order chi connectivity index (χ0) is 19.8. The van der Waals surface area contributed by atoms with Crippen molar-refractivity contribution in [1.29, 1.82) is 0 Å². The van der Waals surface area contributed by atoms with E-state index in [1.54, 1.807) is 6.20 Å². The Bertz CT molecular complexity index is 506. The first-order chi connectivity index (χ1) is 12.3. The Morgan fingerprint density at radius 2 is 1.81 bits per heavy atom. The zero-order valence-electron chi connectivity index (χ0n) is 15.3. The molecular weight excluding hydrogens is 361 g/mol. The monoisotopic (exact) mass is 393 g/mol. The number of carbonyl (C=O) groups is 1. The lowest BCUT2D eigenvalue weighted by Crippen LogP contribution is -2.32. The predicted molar refractivity (Wildman–Crippen MR) is 98.5 cm³/mol.